The normalized spacial score (nSPS) is 14.3. The molecular weight excluding hydrogens is 553 g/mol. The van der Waals surface area contributed by atoms with Gasteiger partial charge in [-0.05, 0) is 32.1 Å². The lowest BCUT2D eigenvalue weighted by molar-refractivity contribution is -0.870. The van der Waals surface area contributed by atoms with Gasteiger partial charge >= 0.3 is 13.8 Å². The topological polar surface area (TPSA) is 91.3 Å². The molecule has 1 N–H and O–H groups in total. The van der Waals surface area contributed by atoms with Gasteiger partial charge in [-0.1, -0.05) is 109 Å². The zero-order valence-electron chi connectivity index (χ0n) is 28.0. The molecule has 0 rings (SSSR count). The first-order chi connectivity index (χ1) is 20.1. The lowest BCUT2D eigenvalue weighted by atomic mass is 10.1. The van der Waals surface area contributed by atoms with E-state index in [0.29, 0.717) is 24.1 Å². The Kier molecular flexibility index (Phi) is 27.3. The molecule has 0 aliphatic carbocycles. The van der Waals surface area contributed by atoms with E-state index in [4.69, 9.17) is 18.5 Å². The number of carbonyl (C=O) groups is 1. The van der Waals surface area contributed by atoms with Gasteiger partial charge in [0, 0.05) is 13.0 Å². The van der Waals surface area contributed by atoms with Crippen LogP contribution in [0.25, 0.3) is 0 Å². The van der Waals surface area contributed by atoms with Crippen LogP contribution in [0.15, 0.2) is 12.2 Å². The van der Waals surface area contributed by atoms with Gasteiger partial charge in [0.1, 0.15) is 19.3 Å². The number of likely N-dealkylation sites (N-methyl/N-ethyl adjacent to an activating group) is 1. The molecule has 0 aromatic heterocycles. The third kappa shape index (κ3) is 30.7. The van der Waals surface area contributed by atoms with E-state index in [1.165, 1.54) is 83.5 Å². The standard InChI is InChI=1S/C33H66NO7P/c1-6-8-10-12-14-16-17-18-19-21-23-25-28-38-30-32(31-40-42(36,37)39-29-27-34(3,4)5)41-33(35)26-24-22-20-15-13-11-9-7-2/h12,14,32H,6-11,13,15-31H2,1-5H3/p+1/b14-12-. The number of phosphoric ester groups is 1. The predicted octanol–water partition coefficient (Wildman–Crippen LogP) is 8.76. The second kappa shape index (κ2) is 27.8. The molecule has 0 saturated heterocycles. The van der Waals surface area contributed by atoms with Crippen LogP contribution in [-0.2, 0) is 27.9 Å². The summed E-state index contributed by atoms with van der Waals surface area (Å²) in [6, 6.07) is 0. The van der Waals surface area contributed by atoms with Gasteiger partial charge in [-0.3, -0.25) is 13.8 Å². The van der Waals surface area contributed by atoms with E-state index >= 15 is 0 Å². The van der Waals surface area contributed by atoms with Crippen LogP contribution < -0.4 is 0 Å². The molecule has 0 aromatic carbocycles. The number of ether oxygens (including phenoxy) is 2. The molecule has 0 aliphatic rings. The first-order valence-corrected chi connectivity index (χ1v) is 18.4. The molecule has 0 saturated carbocycles. The number of rotatable bonds is 31. The summed E-state index contributed by atoms with van der Waals surface area (Å²) in [5, 5.41) is 0. The molecule has 0 spiro atoms. The van der Waals surface area contributed by atoms with Gasteiger partial charge in [0.2, 0.25) is 0 Å². The largest absolute Gasteiger partial charge is 0.472 e. The molecule has 0 fully saturated rings. The van der Waals surface area contributed by atoms with Crippen LogP contribution in [0.2, 0.25) is 0 Å². The van der Waals surface area contributed by atoms with E-state index in [1.54, 1.807) is 0 Å². The lowest BCUT2D eigenvalue weighted by Crippen LogP contribution is -2.37. The molecule has 8 nitrogen and oxygen atoms in total. The van der Waals surface area contributed by atoms with Crippen LogP contribution in [0, 0.1) is 0 Å². The Morgan fingerprint density at radius 2 is 1.26 bits per heavy atom. The fourth-order valence-corrected chi connectivity index (χ4v) is 5.10. The van der Waals surface area contributed by atoms with E-state index in [-0.39, 0.29) is 25.8 Å². The monoisotopic (exact) mass is 620 g/mol. The maximum absolute atomic E-state index is 12.5. The van der Waals surface area contributed by atoms with Crippen LogP contribution in [0.1, 0.15) is 136 Å². The first-order valence-electron chi connectivity index (χ1n) is 16.9. The van der Waals surface area contributed by atoms with Gasteiger partial charge in [0.25, 0.3) is 0 Å². The lowest BCUT2D eigenvalue weighted by Gasteiger charge is -2.24. The van der Waals surface area contributed by atoms with Crippen LogP contribution in [0.4, 0.5) is 0 Å². The highest BCUT2D eigenvalue weighted by Crippen LogP contribution is 2.43. The zero-order chi connectivity index (χ0) is 31.4. The first kappa shape index (κ1) is 41.2. The molecule has 42 heavy (non-hydrogen) atoms. The Balaban J connectivity index is 4.34. The smallest absolute Gasteiger partial charge is 0.457 e. The Hall–Kier alpha value is -0.760. The number of hydrogen-bond donors (Lipinski definition) is 1. The highest BCUT2D eigenvalue weighted by Gasteiger charge is 2.26. The molecule has 250 valence electrons. The number of unbranched alkanes of at least 4 members (excludes halogenated alkanes) is 15. The van der Waals surface area contributed by atoms with Gasteiger partial charge in [0.05, 0.1) is 34.4 Å². The van der Waals surface area contributed by atoms with Crippen molar-refractivity contribution >= 4 is 13.8 Å². The average molecular weight is 621 g/mol. The van der Waals surface area contributed by atoms with Gasteiger partial charge in [-0.25, -0.2) is 4.57 Å². The SMILES string of the molecule is CCCC/C=C\CCCCCCCCOCC(COP(=O)(O)OCC[N+](C)(C)C)OC(=O)CCCCCCCCCC. The molecular formula is C33H67NO7P+. The number of phosphoric acid groups is 1. The zero-order valence-corrected chi connectivity index (χ0v) is 28.9. The molecule has 9 heteroatoms. The maximum atomic E-state index is 12.5. The number of quaternary nitrogens is 1. The number of hydrogen-bond acceptors (Lipinski definition) is 6. The minimum Gasteiger partial charge on any atom is -0.457 e. The van der Waals surface area contributed by atoms with Crippen LogP contribution in [0.5, 0.6) is 0 Å². The molecule has 0 aliphatic heterocycles. The maximum Gasteiger partial charge on any atom is 0.472 e. The number of carbonyl (C=O) groups excluding carboxylic acids is 1. The van der Waals surface area contributed by atoms with Crippen LogP contribution in [-0.4, -0.2) is 75.6 Å². The van der Waals surface area contributed by atoms with Gasteiger partial charge in [-0.2, -0.15) is 0 Å². The van der Waals surface area contributed by atoms with Gasteiger partial charge < -0.3 is 18.9 Å². The molecule has 0 amide bonds. The fourth-order valence-electron chi connectivity index (χ4n) is 4.35. The van der Waals surface area contributed by atoms with Crippen molar-refractivity contribution < 1.29 is 37.3 Å². The van der Waals surface area contributed by atoms with Crippen molar-refractivity contribution in [1.29, 1.82) is 0 Å². The summed E-state index contributed by atoms with van der Waals surface area (Å²) in [6.07, 6.45) is 25.2. The van der Waals surface area contributed by atoms with Crippen molar-refractivity contribution in [3.8, 4) is 0 Å². The second-order valence-electron chi connectivity index (χ2n) is 12.5. The number of allylic oxidation sites excluding steroid dienone is 2. The predicted molar refractivity (Wildman–Crippen MR) is 174 cm³/mol. The number of nitrogens with zero attached hydrogens (tertiary/aromatic N) is 1. The van der Waals surface area contributed by atoms with Crippen molar-refractivity contribution in [1.82, 2.24) is 0 Å². The molecule has 0 radical (unpaired) electrons. The van der Waals surface area contributed by atoms with Crippen molar-refractivity contribution in [2.45, 2.75) is 142 Å². The van der Waals surface area contributed by atoms with E-state index in [2.05, 4.69) is 26.0 Å². The van der Waals surface area contributed by atoms with E-state index < -0.39 is 13.9 Å². The summed E-state index contributed by atoms with van der Waals surface area (Å²) in [5.41, 5.74) is 0. The molecule has 0 aromatic rings. The number of esters is 1. The van der Waals surface area contributed by atoms with Crippen molar-refractivity contribution in [2.24, 2.45) is 0 Å². The summed E-state index contributed by atoms with van der Waals surface area (Å²) in [6.45, 7) is 5.53. The van der Waals surface area contributed by atoms with E-state index in [1.807, 2.05) is 21.1 Å². The Bertz CT molecular complexity index is 696. The quantitative estimate of drug-likeness (QED) is 0.0272. The molecule has 2 atom stereocenters. The van der Waals surface area contributed by atoms with Gasteiger partial charge in [-0.15, -0.1) is 0 Å². The molecule has 0 heterocycles. The van der Waals surface area contributed by atoms with Gasteiger partial charge in [0.15, 0.2) is 0 Å². The fraction of sp³-hybridized carbons (Fsp3) is 0.909. The summed E-state index contributed by atoms with van der Waals surface area (Å²) in [7, 11) is 1.66. The Morgan fingerprint density at radius 3 is 1.88 bits per heavy atom. The Labute approximate surface area is 259 Å². The summed E-state index contributed by atoms with van der Waals surface area (Å²) < 4.78 is 34.6. The third-order valence-electron chi connectivity index (χ3n) is 7.08. The van der Waals surface area contributed by atoms with Crippen molar-refractivity contribution in [2.75, 3.05) is 54.1 Å². The minimum absolute atomic E-state index is 0.0896. The average Bonchev–Trinajstić information content (AvgIpc) is 2.92. The highest BCUT2D eigenvalue weighted by atomic mass is 31.2. The van der Waals surface area contributed by atoms with E-state index in [9.17, 15) is 14.3 Å². The minimum atomic E-state index is -4.25. The molecule has 0 bridgehead atoms. The van der Waals surface area contributed by atoms with Crippen molar-refractivity contribution in [3.63, 3.8) is 0 Å². The summed E-state index contributed by atoms with van der Waals surface area (Å²) in [5.74, 6) is -0.322. The third-order valence-corrected chi connectivity index (χ3v) is 8.06. The van der Waals surface area contributed by atoms with Crippen molar-refractivity contribution in [3.05, 3.63) is 12.2 Å². The molecule has 2 unspecified atom stereocenters. The van der Waals surface area contributed by atoms with Crippen LogP contribution >= 0.6 is 7.82 Å². The Morgan fingerprint density at radius 1 is 0.714 bits per heavy atom. The highest BCUT2D eigenvalue weighted by molar-refractivity contribution is 7.47. The van der Waals surface area contributed by atoms with E-state index in [0.717, 1.165) is 32.1 Å². The second-order valence-corrected chi connectivity index (χ2v) is 14.0. The van der Waals surface area contributed by atoms with Crippen LogP contribution in [0.3, 0.4) is 0 Å². The summed E-state index contributed by atoms with van der Waals surface area (Å²) in [4.78, 5) is 22.6. The summed E-state index contributed by atoms with van der Waals surface area (Å²) >= 11 is 0.